The Morgan fingerprint density at radius 2 is 1.59 bits per heavy atom. The predicted molar refractivity (Wildman–Crippen MR) is 81.3 cm³/mol. The lowest BCUT2D eigenvalue weighted by molar-refractivity contribution is 0.216. The van der Waals surface area contributed by atoms with Gasteiger partial charge in [0.2, 0.25) is 0 Å². The zero-order valence-corrected chi connectivity index (χ0v) is 13.7. The molecule has 0 amide bonds. The van der Waals surface area contributed by atoms with E-state index in [9.17, 15) is 0 Å². The summed E-state index contributed by atoms with van der Waals surface area (Å²) in [4.78, 5) is 0. The van der Waals surface area contributed by atoms with Crippen molar-refractivity contribution in [3.05, 3.63) is 35.9 Å². The van der Waals surface area contributed by atoms with Crippen molar-refractivity contribution in [1.29, 1.82) is 0 Å². The summed E-state index contributed by atoms with van der Waals surface area (Å²) >= 11 is 3.59. The van der Waals surface area contributed by atoms with Crippen molar-refractivity contribution < 1.29 is 4.43 Å². The van der Waals surface area contributed by atoms with Crippen LogP contribution >= 0.6 is 15.9 Å². The Bertz CT molecular complexity index is 303. The molecule has 0 heterocycles. The largest absolute Gasteiger partial charge is 0.409 e. The van der Waals surface area contributed by atoms with E-state index in [0.29, 0.717) is 0 Å². The molecule has 0 saturated carbocycles. The minimum absolute atomic E-state index is 0.211. The molecule has 1 unspecified atom stereocenters. The topological polar surface area (TPSA) is 9.23 Å². The maximum Gasteiger partial charge on any atom is 0.192 e. The highest BCUT2D eigenvalue weighted by Gasteiger charge is 2.32. The predicted octanol–water partition coefficient (Wildman–Crippen LogP) is 5.14. The lowest BCUT2D eigenvalue weighted by atomic mass is 10.1. The number of rotatable bonds is 7. The molecule has 0 aromatic heterocycles. The SMILES string of the molecule is CC[Si](CC)(CC)OC(CBr)c1ccccc1. The van der Waals surface area contributed by atoms with Gasteiger partial charge < -0.3 is 4.43 Å². The second-order valence-electron chi connectivity index (χ2n) is 4.42. The molecule has 96 valence electrons. The van der Waals surface area contributed by atoms with E-state index in [1.54, 1.807) is 0 Å². The van der Waals surface area contributed by atoms with Crippen molar-refractivity contribution in [2.24, 2.45) is 0 Å². The molecule has 0 fully saturated rings. The molecule has 3 heteroatoms. The van der Waals surface area contributed by atoms with Crippen LogP contribution in [-0.4, -0.2) is 13.6 Å². The molecule has 1 aromatic rings. The summed E-state index contributed by atoms with van der Waals surface area (Å²) in [5, 5.41) is 0.881. The fourth-order valence-electron chi connectivity index (χ4n) is 2.16. The molecule has 0 bridgehead atoms. The van der Waals surface area contributed by atoms with Crippen LogP contribution in [0.2, 0.25) is 18.1 Å². The molecule has 1 aromatic carbocycles. The van der Waals surface area contributed by atoms with E-state index in [4.69, 9.17) is 4.43 Å². The van der Waals surface area contributed by atoms with E-state index in [-0.39, 0.29) is 6.10 Å². The molecule has 1 atom stereocenters. The number of benzene rings is 1. The summed E-state index contributed by atoms with van der Waals surface area (Å²) in [6.45, 7) is 6.82. The van der Waals surface area contributed by atoms with Crippen LogP contribution < -0.4 is 0 Å². The van der Waals surface area contributed by atoms with E-state index < -0.39 is 8.32 Å². The van der Waals surface area contributed by atoms with Crippen LogP contribution in [0.4, 0.5) is 0 Å². The van der Waals surface area contributed by atoms with E-state index in [1.807, 2.05) is 0 Å². The van der Waals surface area contributed by atoms with Crippen LogP contribution in [0.25, 0.3) is 0 Å². The van der Waals surface area contributed by atoms with Gasteiger partial charge >= 0.3 is 0 Å². The summed E-state index contributed by atoms with van der Waals surface area (Å²) in [6.07, 6.45) is 0.211. The van der Waals surface area contributed by atoms with Crippen LogP contribution in [0.1, 0.15) is 32.4 Å². The number of hydrogen-bond donors (Lipinski definition) is 0. The maximum atomic E-state index is 6.51. The van der Waals surface area contributed by atoms with E-state index in [0.717, 1.165) is 5.33 Å². The zero-order valence-electron chi connectivity index (χ0n) is 11.1. The van der Waals surface area contributed by atoms with Gasteiger partial charge in [-0.3, -0.25) is 0 Å². The van der Waals surface area contributed by atoms with Crippen molar-refractivity contribution in [1.82, 2.24) is 0 Å². The van der Waals surface area contributed by atoms with Crippen molar-refractivity contribution >= 4 is 24.2 Å². The third-order valence-electron chi connectivity index (χ3n) is 3.64. The first kappa shape index (κ1) is 14.9. The summed E-state index contributed by atoms with van der Waals surface area (Å²) < 4.78 is 6.51. The summed E-state index contributed by atoms with van der Waals surface area (Å²) in [5.74, 6) is 0. The summed E-state index contributed by atoms with van der Waals surface area (Å²) in [7, 11) is -1.51. The molecule has 0 saturated heterocycles. The first-order valence-electron chi connectivity index (χ1n) is 6.50. The minimum Gasteiger partial charge on any atom is -0.409 e. The molecule has 0 N–H and O–H groups in total. The van der Waals surface area contributed by atoms with Gasteiger partial charge in [-0.2, -0.15) is 0 Å². The Hall–Kier alpha value is -0.123. The van der Waals surface area contributed by atoms with E-state index >= 15 is 0 Å². The van der Waals surface area contributed by atoms with Crippen molar-refractivity contribution in [3.8, 4) is 0 Å². The molecule has 1 rings (SSSR count). The minimum atomic E-state index is -1.51. The third kappa shape index (κ3) is 3.93. The second-order valence-corrected chi connectivity index (χ2v) is 9.79. The average molecular weight is 315 g/mol. The Morgan fingerprint density at radius 1 is 1.06 bits per heavy atom. The molecule has 1 nitrogen and oxygen atoms in total. The van der Waals surface area contributed by atoms with Crippen molar-refractivity contribution in [2.75, 3.05) is 5.33 Å². The highest BCUT2D eigenvalue weighted by Crippen LogP contribution is 2.30. The zero-order chi connectivity index (χ0) is 12.7. The third-order valence-corrected chi connectivity index (χ3v) is 8.88. The fourth-order valence-corrected chi connectivity index (χ4v) is 5.73. The second kappa shape index (κ2) is 7.34. The van der Waals surface area contributed by atoms with Gasteiger partial charge in [-0.15, -0.1) is 0 Å². The summed E-state index contributed by atoms with van der Waals surface area (Å²) in [5.41, 5.74) is 1.29. The lowest BCUT2D eigenvalue weighted by Crippen LogP contribution is -2.37. The van der Waals surface area contributed by atoms with Crippen LogP contribution in [0, 0.1) is 0 Å². The molecule has 0 aliphatic carbocycles. The number of alkyl halides is 1. The highest BCUT2D eigenvalue weighted by atomic mass is 79.9. The van der Waals surface area contributed by atoms with Crippen molar-refractivity contribution in [3.63, 3.8) is 0 Å². The highest BCUT2D eigenvalue weighted by molar-refractivity contribution is 9.09. The lowest BCUT2D eigenvalue weighted by Gasteiger charge is -2.32. The van der Waals surface area contributed by atoms with Gasteiger partial charge in [0, 0.05) is 5.33 Å². The Morgan fingerprint density at radius 3 is 2.00 bits per heavy atom. The molecule has 0 spiro atoms. The van der Waals surface area contributed by atoms with Gasteiger partial charge in [0.25, 0.3) is 0 Å². The molecular weight excluding hydrogens is 292 g/mol. The smallest absolute Gasteiger partial charge is 0.192 e. The molecule has 0 aliphatic rings. The average Bonchev–Trinajstić information content (AvgIpc) is 2.42. The fraction of sp³-hybridized carbons (Fsp3) is 0.571. The van der Waals surface area contributed by atoms with Crippen LogP contribution in [0.15, 0.2) is 30.3 Å². The van der Waals surface area contributed by atoms with Crippen LogP contribution in [0.5, 0.6) is 0 Å². The maximum absolute atomic E-state index is 6.51. The number of hydrogen-bond acceptors (Lipinski definition) is 1. The Kier molecular flexibility index (Phi) is 6.45. The normalized spacial score (nSPS) is 13.6. The van der Waals surface area contributed by atoms with Gasteiger partial charge in [0.05, 0.1) is 6.10 Å². The first-order valence-corrected chi connectivity index (χ1v) is 10.1. The van der Waals surface area contributed by atoms with E-state index in [2.05, 4.69) is 67.0 Å². The van der Waals surface area contributed by atoms with Crippen LogP contribution in [-0.2, 0) is 4.43 Å². The number of halogens is 1. The van der Waals surface area contributed by atoms with Gasteiger partial charge in [-0.25, -0.2) is 0 Å². The molecule has 0 radical (unpaired) electrons. The summed E-state index contributed by atoms with van der Waals surface area (Å²) in [6, 6.07) is 14.2. The van der Waals surface area contributed by atoms with Gasteiger partial charge in [0.15, 0.2) is 8.32 Å². The van der Waals surface area contributed by atoms with Gasteiger partial charge in [0.1, 0.15) is 0 Å². The Labute approximate surface area is 115 Å². The Balaban J connectivity index is 2.82. The molecule has 0 aliphatic heterocycles. The van der Waals surface area contributed by atoms with Gasteiger partial charge in [-0.05, 0) is 23.7 Å². The van der Waals surface area contributed by atoms with Gasteiger partial charge in [-0.1, -0.05) is 67.0 Å². The first-order chi connectivity index (χ1) is 8.21. The monoisotopic (exact) mass is 314 g/mol. The van der Waals surface area contributed by atoms with Crippen LogP contribution in [0.3, 0.4) is 0 Å². The van der Waals surface area contributed by atoms with Crippen molar-refractivity contribution in [2.45, 2.75) is 45.0 Å². The molecular formula is C14H23BrOSi. The quantitative estimate of drug-likeness (QED) is 0.500. The standard InChI is InChI=1S/C14H23BrOSi/c1-4-17(5-2,6-3)16-14(12-15)13-10-8-7-9-11-13/h7-11,14H,4-6,12H2,1-3H3. The molecule has 17 heavy (non-hydrogen) atoms. The van der Waals surface area contributed by atoms with E-state index in [1.165, 1.54) is 23.7 Å².